The van der Waals surface area contributed by atoms with E-state index in [0.29, 0.717) is 14.5 Å². The minimum absolute atomic E-state index is 0.0415. The quantitative estimate of drug-likeness (QED) is 0.572. The molecule has 0 amide bonds. The van der Waals surface area contributed by atoms with Crippen LogP contribution >= 0.6 is 43.5 Å². The van der Waals surface area contributed by atoms with Crippen LogP contribution in [0.1, 0.15) is 32.4 Å². The van der Waals surface area contributed by atoms with E-state index in [2.05, 4.69) is 31.9 Å². The van der Waals surface area contributed by atoms with E-state index in [1.54, 1.807) is 36.4 Å². The molecule has 2 aromatic carbocycles. The second-order valence-corrected chi connectivity index (χ2v) is 6.37. The minimum Gasteiger partial charge on any atom is -0.380 e. The highest BCUT2D eigenvalue weighted by Crippen LogP contribution is 2.30. The first-order valence-corrected chi connectivity index (χ1v) is 7.84. The summed E-state index contributed by atoms with van der Waals surface area (Å²) in [5, 5.41) is 9.43. The summed E-state index contributed by atoms with van der Waals surface area (Å²) in [6.07, 6.45) is -1.36. The molecule has 0 bridgehead atoms. The predicted molar refractivity (Wildman–Crippen MR) is 87.8 cm³/mol. The highest BCUT2D eigenvalue weighted by atomic mass is 79.9. The van der Waals surface area contributed by atoms with Gasteiger partial charge in [-0.3, -0.25) is 9.59 Å². The predicted octanol–water partition coefficient (Wildman–Crippen LogP) is 4.51. The Morgan fingerprint density at radius 2 is 1.71 bits per heavy atom. The topological polar surface area (TPSA) is 54.4 Å². The number of hydrogen-bond acceptors (Lipinski definition) is 3. The lowest BCUT2D eigenvalue weighted by Gasteiger charge is -2.13. The van der Waals surface area contributed by atoms with Gasteiger partial charge >= 0.3 is 0 Å². The van der Waals surface area contributed by atoms with E-state index in [1.807, 2.05) is 0 Å². The third-order valence-electron chi connectivity index (χ3n) is 2.88. The zero-order valence-corrected chi connectivity index (χ0v) is 14.4. The van der Waals surface area contributed by atoms with Crippen molar-refractivity contribution in [2.75, 3.05) is 0 Å². The number of benzene rings is 2. The number of carbonyl (C=O) groups excluding carboxylic acids is 2. The molecule has 1 atom stereocenters. The van der Waals surface area contributed by atoms with Gasteiger partial charge in [-0.15, -0.1) is 0 Å². The van der Waals surface area contributed by atoms with Gasteiger partial charge in [-0.25, -0.2) is 0 Å². The maximum absolute atomic E-state index is 12.5. The van der Waals surface area contributed by atoms with Crippen LogP contribution in [0.5, 0.6) is 0 Å². The summed E-state index contributed by atoms with van der Waals surface area (Å²) in [4.78, 5) is 24.0. The van der Waals surface area contributed by atoms with Crippen molar-refractivity contribution >= 4 is 54.5 Å². The number of hydrogen-bond donors (Lipinski definition) is 1. The van der Waals surface area contributed by atoms with Crippen molar-refractivity contribution in [2.24, 2.45) is 0 Å². The molecular weight excluding hydrogens is 423 g/mol. The molecule has 6 heteroatoms. The van der Waals surface area contributed by atoms with Crippen LogP contribution < -0.4 is 0 Å². The van der Waals surface area contributed by atoms with Crippen molar-refractivity contribution < 1.29 is 14.7 Å². The Morgan fingerprint density at radius 3 is 2.29 bits per heavy atom. The summed E-state index contributed by atoms with van der Waals surface area (Å²) in [5.74, 6) is -0.591. The van der Waals surface area contributed by atoms with Crippen molar-refractivity contribution in [3.8, 4) is 0 Å². The monoisotopic (exact) mass is 430 g/mol. The molecule has 2 aromatic rings. The van der Waals surface area contributed by atoms with Crippen LogP contribution in [-0.4, -0.2) is 16.1 Å². The summed E-state index contributed by atoms with van der Waals surface area (Å²) < 4.78 is 0.986. The molecule has 0 saturated heterocycles. The Morgan fingerprint density at radius 1 is 1.10 bits per heavy atom. The second kappa shape index (κ2) is 6.83. The molecule has 0 aliphatic heterocycles. The molecular formula is C15H9Br2ClO3. The fourth-order valence-electron chi connectivity index (χ4n) is 1.90. The highest BCUT2D eigenvalue weighted by Gasteiger charge is 2.25. The molecule has 0 aliphatic rings. The molecule has 0 aliphatic carbocycles. The van der Waals surface area contributed by atoms with E-state index in [0.717, 1.165) is 0 Å². The Balaban J connectivity index is 2.51. The second-order valence-electron chi connectivity index (χ2n) is 4.26. The van der Waals surface area contributed by atoms with Crippen LogP contribution in [0.25, 0.3) is 0 Å². The van der Waals surface area contributed by atoms with Crippen LogP contribution in [0, 0.1) is 0 Å². The number of rotatable bonds is 4. The number of aliphatic hydroxyl groups is 1. The van der Waals surface area contributed by atoms with Crippen LogP contribution in [0.2, 0.25) is 0 Å². The molecule has 1 N–H and O–H groups in total. The first-order valence-electron chi connectivity index (χ1n) is 5.88. The molecule has 0 fully saturated rings. The van der Waals surface area contributed by atoms with Crippen LogP contribution in [0.15, 0.2) is 51.4 Å². The van der Waals surface area contributed by atoms with Crippen molar-refractivity contribution in [1.82, 2.24) is 0 Å². The van der Waals surface area contributed by atoms with Crippen molar-refractivity contribution in [3.05, 3.63) is 68.1 Å². The molecule has 0 spiro atoms. The lowest BCUT2D eigenvalue weighted by Crippen LogP contribution is -2.15. The molecule has 0 aromatic heterocycles. The normalized spacial score (nSPS) is 12.0. The number of carbonyl (C=O) groups is 2. The van der Waals surface area contributed by atoms with Gasteiger partial charge in [0.05, 0.1) is 5.56 Å². The van der Waals surface area contributed by atoms with Crippen molar-refractivity contribution in [1.29, 1.82) is 0 Å². The van der Waals surface area contributed by atoms with Gasteiger partial charge in [0.15, 0.2) is 5.78 Å². The summed E-state index contributed by atoms with van der Waals surface area (Å²) in [6, 6.07) is 11.6. The summed E-state index contributed by atoms with van der Waals surface area (Å²) in [7, 11) is 0. The van der Waals surface area contributed by atoms with Gasteiger partial charge in [0.25, 0.3) is 5.24 Å². The van der Waals surface area contributed by atoms with Crippen molar-refractivity contribution in [2.45, 2.75) is 6.10 Å². The minimum atomic E-state index is -1.36. The molecule has 0 radical (unpaired) electrons. The number of halogens is 3. The van der Waals surface area contributed by atoms with Gasteiger partial charge < -0.3 is 5.11 Å². The molecule has 21 heavy (non-hydrogen) atoms. The van der Waals surface area contributed by atoms with Gasteiger partial charge in [0.1, 0.15) is 6.10 Å². The fraction of sp³-hybridized carbons (Fsp3) is 0.0667. The third kappa shape index (κ3) is 3.61. The van der Waals surface area contributed by atoms with Gasteiger partial charge in [-0.1, -0.05) is 46.3 Å². The average Bonchev–Trinajstić information content (AvgIpc) is 2.45. The number of ketones is 1. The largest absolute Gasteiger partial charge is 0.380 e. The van der Waals surface area contributed by atoms with E-state index >= 15 is 0 Å². The van der Waals surface area contributed by atoms with E-state index in [1.165, 1.54) is 6.07 Å². The number of Topliss-reactive ketones (excluding diaryl/α,β-unsaturated/α-hetero) is 1. The smallest absolute Gasteiger partial charge is 0.254 e. The summed E-state index contributed by atoms with van der Waals surface area (Å²) >= 11 is 12.0. The first-order chi connectivity index (χ1) is 9.91. The lowest BCUT2D eigenvalue weighted by molar-refractivity contribution is 0.0744. The Bertz CT molecular complexity index is 702. The lowest BCUT2D eigenvalue weighted by atomic mass is 9.96. The van der Waals surface area contributed by atoms with Gasteiger partial charge in [0.2, 0.25) is 0 Å². The maximum Gasteiger partial charge on any atom is 0.254 e. The summed E-state index contributed by atoms with van der Waals surface area (Å²) in [6.45, 7) is 0. The molecule has 1 unspecified atom stereocenters. The van der Waals surface area contributed by atoms with Crippen LogP contribution in [-0.2, 0) is 0 Å². The zero-order chi connectivity index (χ0) is 15.6. The van der Waals surface area contributed by atoms with Crippen LogP contribution in [0.3, 0.4) is 0 Å². The van der Waals surface area contributed by atoms with Crippen molar-refractivity contribution in [3.63, 3.8) is 0 Å². The van der Waals surface area contributed by atoms with E-state index in [4.69, 9.17) is 11.6 Å². The van der Waals surface area contributed by atoms with Crippen LogP contribution in [0.4, 0.5) is 0 Å². The Labute approximate surface area is 143 Å². The molecule has 0 heterocycles. The van der Waals surface area contributed by atoms with E-state index in [9.17, 15) is 14.7 Å². The van der Waals surface area contributed by atoms with Gasteiger partial charge in [-0.2, -0.15) is 0 Å². The fourth-order valence-corrected chi connectivity index (χ4v) is 3.62. The molecule has 0 saturated carbocycles. The Kier molecular flexibility index (Phi) is 5.32. The standard InChI is InChI=1S/C15H9Br2ClO3/c16-9-6-10(12(15(18)21)11(17)7-9)14(20)13(19)8-4-2-1-3-5-8/h1-7,13,19H. The summed E-state index contributed by atoms with van der Waals surface area (Å²) in [5.41, 5.74) is 0.555. The molecule has 2 rings (SSSR count). The molecule has 108 valence electrons. The third-order valence-corrected chi connectivity index (χ3v) is 4.15. The van der Waals surface area contributed by atoms with Gasteiger partial charge in [0, 0.05) is 14.5 Å². The SMILES string of the molecule is O=C(Cl)c1c(Br)cc(Br)cc1C(=O)C(O)c1ccccc1. The average molecular weight is 432 g/mol. The first kappa shape index (κ1) is 16.4. The maximum atomic E-state index is 12.5. The molecule has 3 nitrogen and oxygen atoms in total. The zero-order valence-electron chi connectivity index (χ0n) is 10.5. The van der Waals surface area contributed by atoms with E-state index < -0.39 is 17.1 Å². The van der Waals surface area contributed by atoms with E-state index in [-0.39, 0.29) is 11.1 Å². The highest BCUT2D eigenvalue weighted by molar-refractivity contribution is 9.11. The van der Waals surface area contributed by atoms with Gasteiger partial charge in [-0.05, 0) is 45.2 Å². The number of aliphatic hydroxyl groups excluding tert-OH is 1. The Hall–Kier alpha value is -1.01.